The monoisotopic (exact) mass is 495 g/mol. The van der Waals surface area contributed by atoms with Gasteiger partial charge >= 0.3 is 0 Å². The van der Waals surface area contributed by atoms with Crippen LogP contribution in [-0.2, 0) is 22.6 Å². The predicted octanol–water partition coefficient (Wildman–Crippen LogP) is 6.50. The lowest BCUT2D eigenvalue weighted by atomic mass is 9.93. The molecular formula is C32H33NO4. The first-order valence-electron chi connectivity index (χ1n) is 13.1. The van der Waals surface area contributed by atoms with E-state index in [1.165, 1.54) is 5.56 Å². The lowest BCUT2D eigenvalue weighted by Gasteiger charge is -2.31. The molecule has 1 saturated carbocycles. The lowest BCUT2D eigenvalue weighted by molar-refractivity contribution is -0.141. The van der Waals surface area contributed by atoms with Crippen LogP contribution in [0.25, 0.3) is 5.76 Å². The van der Waals surface area contributed by atoms with Crippen molar-refractivity contribution in [2.24, 2.45) is 0 Å². The first-order valence-corrected chi connectivity index (χ1v) is 13.1. The summed E-state index contributed by atoms with van der Waals surface area (Å²) in [7, 11) is 0. The van der Waals surface area contributed by atoms with Crippen LogP contribution in [0.3, 0.4) is 0 Å². The van der Waals surface area contributed by atoms with Gasteiger partial charge in [0.2, 0.25) is 0 Å². The SMILES string of the molecule is CCc1ccc(C2/C(=C(/O)c3ccc(OCc4ccccc4)c(C)c3)C(=O)C(=O)N2C2CCCC2)cc1. The second-order valence-corrected chi connectivity index (χ2v) is 9.99. The van der Waals surface area contributed by atoms with E-state index in [0.717, 1.165) is 48.8 Å². The van der Waals surface area contributed by atoms with Crippen molar-refractivity contribution < 1.29 is 19.4 Å². The maximum atomic E-state index is 13.4. The maximum Gasteiger partial charge on any atom is 0.295 e. The molecule has 2 aliphatic rings. The Labute approximate surface area is 218 Å². The number of ketones is 1. The number of aryl methyl sites for hydroxylation is 2. The van der Waals surface area contributed by atoms with Crippen molar-refractivity contribution in [3.63, 3.8) is 0 Å². The smallest absolute Gasteiger partial charge is 0.295 e. The summed E-state index contributed by atoms with van der Waals surface area (Å²) in [6.07, 6.45) is 4.74. The van der Waals surface area contributed by atoms with Crippen LogP contribution >= 0.6 is 0 Å². The Morgan fingerprint density at radius 1 is 0.946 bits per heavy atom. The van der Waals surface area contributed by atoms with Crippen molar-refractivity contribution in [2.45, 2.75) is 64.6 Å². The number of benzene rings is 3. The molecule has 2 fully saturated rings. The van der Waals surface area contributed by atoms with Gasteiger partial charge in [0.15, 0.2) is 0 Å². The van der Waals surface area contributed by atoms with E-state index >= 15 is 0 Å². The van der Waals surface area contributed by atoms with Gasteiger partial charge in [-0.1, -0.05) is 74.4 Å². The van der Waals surface area contributed by atoms with Gasteiger partial charge in [-0.2, -0.15) is 0 Å². The van der Waals surface area contributed by atoms with Gasteiger partial charge in [0.25, 0.3) is 11.7 Å². The summed E-state index contributed by atoms with van der Waals surface area (Å²) in [5, 5.41) is 11.5. The quantitative estimate of drug-likeness (QED) is 0.231. The molecule has 1 heterocycles. The van der Waals surface area contributed by atoms with Gasteiger partial charge in [-0.25, -0.2) is 0 Å². The molecule has 0 aromatic heterocycles. The zero-order valence-corrected chi connectivity index (χ0v) is 21.4. The van der Waals surface area contributed by atoms with Crippen molar-refractivity contribution in [1.82, 2.24) is 4.90 Å². The number of Topliss-reactive ketones (excluding diaryl/α,β-unsaturated/α-hetero) is 1. The molecule has 0 spiro atoms. The van der Waals surface area contributed by atoms with Crippen molar-refractivity contribution in [3.8, 4) is 5.75 Å². The first-order chi connectivity index (χ1) is 18.0. The van der Waals surface area contributed by atoms with Gasteiger partial charge in [-0.3, -0.25) is 9.59 Å². The first kappa shape index (κ1) is 24.8. The molecule has 1 aliphatic carbocycles. The Bertz CT molecular complexity index is 1320. The van der Waals surface area contributed by atoms with Crippen LogP contribution in [0.5, 0.6) is 5.75 Å². The Hall–Kier alpha value is -3.86. The molecule has 190 valence electrons. The fourth-order valence-corrected chi connectivity index (χ4v) is 5.52. The molecule has 5 rings (SSSR count). The third kappa shape index (κ3) is 4.91. The normalized spacial score (nSPS) is 19.5. The van der Waals surface area contributed by atoms with E-state index in [-0.39, 0.29) is 17.4 Å². The number of aliphatic hydroxyl groups is 1. The van der Waals surface area contributed by atoms with Crippen LogP contribution in [0, 0.1) is 6.92 Å². The summed E-state index contributed by atoms with van der Waals surface area (Å²) in [6.45, 7) is 4.44. The second kappa shape index (κ2) is 10.6. The standard InChI is InChI=1S/C32H33NO4/c1-3-22-13-15-24(16-14-22)29-28(31(35)32(36)33(29)26-11-7-8-12-26)30(34)25-17-18-27(21(2)19-25)37-20-23-9-5-4-6-10-23/h4-6,9-10,13-19,26,29,34H,3,7-8,11-12,20H2,1-2H3/b30-28-. The molecule has 5 heteroatoms. The highest BCUT2D eigenvalue weighted by atomic mass is 16.5. The number of aliphatic hydroxyl groups excluding tert-OH is 1. The number of hydrogen-bond acceptors (Lipinski definition) is 4. The van der Waals surface area contributed by atoms with E-state index in [1.54, 1.807) is 11.0 Å². The minimum absolute atomic E-state index is 0.00750. The summed E-state index contributed by atoms with van der Waals surface area (Å²) < 4.78 is 5.99. The Balaban J connectivity index is 1.51. The molecule has 1 saturated heterocycles. The van der Waals surface area contributed by atoms with Crippen LogP contribution < -0.4 is 4.74 Å². The third-order valence-corrected chi connectivity index (χ3v) is 7.59. The molecule has 1 amide bonds. The number of carbonyl (C=O) groups excluding carboxylic acids is 2. The van der Waals surface area contributed by atoms with Gasteiger partial charge in [-0.15, -0.1) is 0 Å². The maximum absolute atomic E-state index is 13.4. The predicted molar refractivity (Wildman–Crippen MR) is 144 cm³/mol. The Morgan fingerprint density at radius 2 is 1.65 bits per heavy atom. The fraction of sp³-hybridized carbons (Fsp3) is 0.312. The van der Waals surface area contributed by atoms with Crippen LogP contribution in [0.2, 0.25) is 0 Å². The molecule has 37 heavy (non-hydrogen) atoms. The van der Waals surface area contributed by atoms with Gasteiger partial charge in [0.05, 0.1) is 11.6 Å². The Morgan fingerprint density at radius 3 is 2.30 bits per heavy atom. The Kier molecular flexibility index (Phi) is 7.13. The molecule has 5 nitrogen and oxygen atoms in total. The number of ether oxygens (including phenoxy) is 1. The van der Waals surface area contributed by atoms with Crippen molar-refractivity contribution in [1.29, 1.82) is 0 Å². The molecule has 3 aromatic rings. The summed E-state index contributed by atoms with van der Waals surface area (Å²) in [4.78, 5) is 28.4. The minimum Gasteiger partial charge on any atom is -0.507 e. The highest BCUT2D eigenvalue weighted by Crippen LogP contribution is 2.43. The number of amides is 1. The molecule has 1 N–H and O–H groups in total. The van der Waals surface area contributed by atoms with E-state index < -0.39 is 17.7 Å². The van der Waals surface area contributed by atoms with Gasteiger partial charge in [-0.05, 0) is 66.6 Å². The van der Waals surface area contributed by atoms with E-state index in [4.69, 9.17) is 4.74 Å². The topological polar surface area (TPSA) is 66.8 Å². The van der Waals surface area contributed by atoms with Crippen molar-refractivity contribution in [3.05, 3.63) is 106 Å². The average molecular weight is 496 g/mol. The molecule has 1 atom stereocenters. The molecule has 3 aromatic carbocycles. The van der Waals surface area contributed by atoms with E-state index in [0.29, 0.717) is 17.9 Å². The van der Waals surface area contributed by atoms with Gasteiger partial charge in [0.1, 0.15) is 18.1 Å². The number of carbonyl (C=O) groups is 2. The summed E-state index contributed by atoms with van der Waals surface area (Å²) >= 11 is 0. The van der Waals surface area contributed by atoms with Gasteiger partial charge in [0, 0.05) is 11.6 Å². The van der Waals surface area contributed by atoms with Crippen molar-refractivity contribution >= 4 is 17.4 Å². The van der Waals surface area contributed by atoms with Crippen LogP contribution in [0.4, 0.5) is 0 Å². The zero-order chi connectivity index (χ0) is 25.9. The molecule has 1 aliphatic heterocycles. The minimum atomic E-state index is -0.615. The zero-order valence-electron chi connectivity index (χ0n) is 21.4. The lowest BCUT2D eigenvalue weighted by Crippen LogP contribution is -2.37. The highest BCUT2D eigenvalue weighted by Gasteiger charge is 2.49. The average Bonchev–Trinajstić information content (AvgIpc) is 3.54. The van der Waals surface area contributed by atoms with E-state index in [9.17, 15) is 14.7 Å². The number of likely N-dealkylation sites (tertiary alicyclic amines) is 1. The summed E-state index contributed by atoms with van der Waals surface area (Å²) in [5.74, 6) is -0.562. The summed E-state index contributed by atoms with van der Waals surface area (Å²) in [6, 6.07) is 22.7. The van der Waals surface area contributed by atoms with Gasteiger partial charge < -0.3 is 14.7 Å². The molecule has 0 radical (unpaired) electrons. The van der Waals surface area contributed by atoms with E-state index in [2.05, 4.69) is 6.92 Å². The third-order valence-electron chi connectivity index (χ3n) is 7.59. The van der Waals surface area contributed by atoms with Crippen LogP contribution in [-0.4, -0.2) is 27.7 Å². The van der Waals surface area contributed by atoms with Crippen LogP contribution in [0.1, 0.15) is 66.5 Å². The molecule has 0 bridgehead atoms. The largest absolute Gasteiger partial charge is 0.507 e. The fourth-order valence-electron chi connectivity index (χ4n) is 5.52. The van der Waals surface area contributed by atoms with E-state index in [1.807, 2.05) is 73.7 Å². The molecular weight excluding hydrogens is 462 g/mol. The molecule has 1 unspecified atom stereocenters. The summed E-state index contributed by atoms with van der Waals surface area (Å²) in [5.41, 5.74) is 4.61. The highest BCUT2D eigenvalue weighted by molar-refractivity contribution is 6.46. The number of hydrogen-bond donors (Lipinski definition) is 1. The van der Waals surface area contributed by atoms with Crippen molar-refractivity contribution in [2.75, 3.05) is 0 Å². The van der Waals surface area contributed by atoms with Crippen LogP contribution in [0.15, 0.2) is 78.4 Å². The number of rotatable bonds is 7. The number of nitrogens with zero attached hydrogens (tertiary/aromatic N) is 1. The second-order valence-electron chi connectivity index (χ2n) is 9.99.